The molecule has 1 atom stereocenters. The van der Waals surface area contributed by atoms with Crippen LogP contribution in [0.5, 0.6) is 5.75 Å². The number of aryl methyl sites for hydroxylation is 1. The van der Waals surface area contributed by atoms with Gasteiger partial charge in [-0.15, -0.1) is 0 Å². The highest BCUT2D eigenvalue weighted by Crippen LogP contribution is 2.38. The first kappa shape index (κ1) is 19.2. The number of carbonyl (C=O) groups excluding carboxylic acids is 1. The van der Waals surface area contributed by atoms with Crippen LogP contribution in [-0.2, 0) is 22.4 Å². The minimum Gasteiger partial charge on any atom is -0.482 e. The normalized spacial score (nSPS) is 15.0. The van der Waals surface area contributed by atoms with E-state index in [0.717, 1.165) is 30.4 Å². The van der Waals surface area contributed by atoms with Gasteiger partial charge in [-0.05, 0) is 77.3 Å². The van der Waals surface area contributed by atoms with Crippen molar-refractivity contribution >= 4 is 5.97 Å². The van der Waals surface area contributed by atoms with Gasteiger partial charge in [0.05, 0.1) is 7.11 Å². The van der Waals surface area contributed by atoms with Crippen molar-refractivity contribution in [3.63, 3.8) is 0 Å². The first-order valence-corrected chi connectivity index (χ1v) is 9.79. The van der Waals surface area contributed by atoms with Crippen LogP contribution in [0.4, 0.5) is 4.39 Å². The molecule has 0 aliphatic heterocycles. The lowest BCUT2D eigenvalue weighted by Crippen LogP contribution is -2.12. The highest BCUT2D eigenvalue weighted by molar-refractivity contribution is 5.70. The van der Waals surface area contributed by atoms with Gasteiger partial charge in [0.1, 0.15) is 11.6 Å². The molecule has 0 N–H and O–H groups in total. The van der Waals surface area contributed by atoms with Gasteiger partial charge in [0.15, 0.2) is 6.61 Å². The largest absolute Gasteiger partial charge is 0.482 e. The minimum absolute atomic E-state index is 0.0940. The van der Waals surface area contributed by atoms with Crippen molar-refractivity contribution in [2.75, 3.05) is 13.7 Å². The molecule has 0 saturated heterocycles. The monoisotopic (exact) mass is 390 g/mol. The Bertz CT molecular complexity index is 1030. The van der Waals surface area contributed by atoms with Crippen molar-refractivity contribution in [3.8, 4) is 16.9 Å². The van der Waals surface area contributed by atoms with E-state index in [4.69, 9.17) is 4.74 Å². The highest BCUT2D eigenvalue weighted by atomic mass is 19.1. The third kappa shape index (κ3) is 4.48. The zero-order valence-corrected chi connectivity index (χ0v) is 16.4. The molecular formula is C25H23FO3. The molecule has 1 aliphatic rings. The first-order valence-electron chi connectivity index (χ1n) is 9.79. The van der Waals surface area contributed by atoms with E-state index in [1.54, 1.807) is 12.1 Å². The Balaban J connectivity index is 1.52. The van der Waals surface area contributed by atoms with E-state index in [-0.39, 0.29) is 12.4 Å². The van der Waals surface area contributed by atoms with E-state index < -0.39 is 5.97 Å². The van der Waals surface area contributed by atoms with Crippen LogP contribution in [-0.4, -0.2) is 19.7 Å². The molecule has 3 aromatic carbocycles. The van der Waals surface area contributed by atoms with Crippen molar-refractivity contribution in [1.82, 2.24) is 0 Å². The molecule has 29 heavy (non-hydrogen) atoms. The van der Waals surface area contributed by atoms with Gasteiger partial charge in [-0.1, -0.05) is 42.5 Å². The molecule has 0 fully saturated rings. The Hall–Kier alpha value is -3.14. The standard InChI is InChI=1S/C25H23FO3/c1-28-25(27)16-29-23-7-2-4-17(13-23)12-21-11-9-18-8-10-20(15-24(18)21)19-5-3-6-22(26)14-19/h2-8,10,13-15,21H,9,11-12,16H2,1H3. The van der Waals surface area contributed by atoms with Crippen LogP contribution >= 0.6 is 0 Å². The number of halogens is 1. The molecule has 0 amide bonds. The number of benzene rings is 3. The average Bonchev–Trinajstić information content (AvgIpc) is 3.14. The number of carbonyl (C=O) groups is 1. The molecule has 0 aromatic heterocycles. The van der Waals surface area contributed by atoms with Gasteiger partial charge in [-0.25, -0.2) is 9.18 Å². The third-order valence-corrected chi connectivity index (χ3v) is 5.47. The van der Waals surface area contributed by atoms with E-state index >= 15 is 0 Å². The van der Waals surface area contributed by atoms with Gasteiger partial charge in [-0.3, -0.25) is 0 Å². The number of esters is 1. The van der Waals surface area contributed by atoms with Gasteiger partial charge in [0.25, 0.3) is 0 Å². The smallest absolute Gasteiger partial charge is 0.343 e. The summed E-state index contributed by atoms with van der Waals surface area (Å²) in [6.45, 7) is -0.0940. The molecule has 4 heteroatoms. The van der Waals surface area contributed by atoms with Gasteiger partial charge >= 0.3 is 5.97 Å². The second-order valence-corrected chi connectivity index (χ2v) is 7.38. The Morgan fingerprint density at radius 3 is 2.69 bits per heavy atom. The molecule has 0 radical (unpaired) electrons. The van der Waals surface area contributed by atoms with E-state index in [2.05, 4.69) is 29.0 Å². The maximum Gasteiger partial charge on any atom is 0.343 e. The predicted molar refractivity (Wildman–Crippen MR) is 111 cm³/mol. The number of rotatable bonds is 6. The van der Waals surface area contributed by atoms with Gasteiger partial charge in [0, 0.05) is 0 Å². The number of fused-ring (bicyclic) bond motifs is 1. The molecule has 0 saturated carbocycles. The van der Waals surface area contributed by atoms with Crippen molar-refractivity contribution < 1.29 is 18.7 Å². The number of hydrogen-bond acceptors (Lipinski definition) is 3. The zero-order chi connectivity index (χ0) is 20.2. The topological polar surface area (TPSA) is 35.5 Å². The second kappa shape index (κ2) is 8.48. The summed E-state index contributed by atoms with van der Waals surface area (Å²) in [6.07, 6.45) is 3.05. The van der Waals surface area contributed by atoms with Crippen LogP contribution in [0.15, 0.2) is 66.7 Å². The fourth-order valence-electron chi connectivity index (χ4n) is 4.00. The molecule has 0 bridgehead atoms. The molecule has 0 heterocycles. The van der Waals surface area contributed by atoms with E-state index in [9.17, 15) is 9.18 Å². The maximum absolute atomic E-state index is 13.6. The molecule has 4 rings (SSSR count). The van der Waals surface area contributed by atoms with Gasteiger partial charge in [0.2, 0.25) is 0 Å². The van der Waals surface area contributed by atoms with Crippen LogP contribution < -0.4 is 4.74 Å². The van der Waals surface area contributed by atoms with Crippen LogP contribution in [0.2, 0.25) is 0 Å². The molecule has 148 valence electrons. The molecular weight excluding hydrogens is 367 g/mol. The highest BCUT2D eigenvalue weighted by Gasteiger charge is 2.23. The summed E-state index contributed by atoms with van der Waals surface area (Å²) >= 11 is 0. The Morgan fingerprint density at radius 1 is 1.03 bits per heavy atom. The summed E-state index contributed by atoms with van der Waals surface area (Å²) in [5, 5.41) is 0. The van der Waals surface area contributed by atoms with Crippen LogP contribution in [0, 0.1) is 5.82 Å². The summed E-state index contributed by atoms with van der Waals surface area (Å²) in [4.78, 5) is 11.3. The Labute approximate surface area is 170 Å². The molecule has 1 aliphatic carbocycles. The fourth-order valence-corrected chi connectivity index (χ4v) is 4.00. The maximum atomic E-state index is 13.6. The number of methoxy groups -OCH3 is 1. The lowest BCUT2D eigenvalue weighted by atomic mass is 9.91. The molecule has 0 spiro atoms. The average molecular weight is 390 g/mol. The van der Waals surface area contributed by atoms with Crippen molar-refractivity contribution in [2.24, 2.45) is 0 Å². The van der Waals surface area contributed by atoms with Gasteiger partial charge < -0.3 is 9.47 Å². The van der Waals surface area contributed by atoms with E-state index in [1.807, 2.05) is 24.3 Å². The fraction of sp³-hybridized carbons (Fsp3) is 0.240. The van der Waals surface area contributed by atoms with Crippen molar-refractivity contribution in [1.29, 1.82) is 0 Å². The second-order valence-electron chi connectivity index (χ2n) is 7.38. The lowest BCUT2D eigenvalue weighted by molar-refractivity contribution is -0.142. The summed E-state index contributed by atoms with van der Waals surface area (Å²) in [6, 6.07) is 21.0. The van der Waals surface area contributed by atoms with Crippen molar-refractivity contribution in [3.05, 3.63) is 89.2 Å². The Morgan fingerprint density at radius 2 is 1.86 bits per heavy atom. The lowest BCUT2D eigenvalue weighted by Gasteiger charge is -2.14. The third-order valence-electron chi connectivity index (χ3n) is 5.47. The SMILES string of the molecule is COC(=O)COc1cccc(CC2CCc3ccc(-c4cccc(F)c4)cc32)c1. The van der Waals surface area contributed by atoms with E-state index in [1.165, 1.54) is 29.9 Å². The van der Waals surface area contributed by atoms with Crippen LogP contribution in [0.25, 0.3) is 11.1 Å². The summed E-state index contributed by atoms with van der Waals surface area (Å²) in [5.41, 5.74) is 5.82. The van der Waals surface area contributed by atoms with Gasteiger partial charge in [-0.2, -0.15) is 0 Å². The van der Waals surface area contributed by atoms with Crippen molar-refractivity contribution in [2.45, 2.75) is 25.2 Å². The first-order chi connectivity index (χ1) is 14.1. The van der Waals surface area contributed by atoms with Crippen LogP contribution in [0.3, 0.4) is 0 Å². The molecule has 3 aromatic rings. The minimum atomic E-state index is -0.398. The summed E-state index contributed by atoms with van der Waals surface area (Å²) in [5.74, 6) is 0.460. The Kier molecular flexibility index (Phi) is 5.61. The summed E-state index contributed by atoms with van der Waals surface area (Å²) < 4.78 is 23.8. The van der Waals surface area contributed by atoms with E-state index in [0.29, 0.717) is 11.7 Å². The number of ether oxygens (including phenoxy) is 2. The summed E-state index contributed by atoms with van der Waals surface area (Å²) in [7, 11) is 1.34. The zero-order valence-electron chi connectivity index (χ0n) is 16.4. The quantitative estimate of drug-likeness (QED) is 0.535. The van der Waals surface area contributed by atoms with Crippen LogP contribution in [0.1, 0.15) is 29.0 Å². The number of hydrogen-bond donors (Lipinski definition) is 0. The molecule has 1 unspecified atom stereocenters. The molecule has 3 nitrogen and oxygen atoms in total. The predicted octanol–water partition coefficient (Wildman–Crippen LogP) is 5.32.